The van der Waals surface area contributed by atoms with Gasteiger partial charge in [0.2, 0.25) is 0 Å². The molecule has 0 N–H and O–H groups in total. The summed E-state index contributed by atoms with van der Waals surface area (Å²) >= 11 is 0. The summed E-state index contributed by atoms with van der Waals surface area (Å²) in [6.45, 7) is 1.86. The summed E-state index contributed by atoms with van der Waals surface area (Å²) in [5, 5.41) is 13.0. The molecule has 8 heteroatoms. The Balaban J connectivity index is 1.55. The Morgan fingerprint density at radius 3 is 2.47 bits per heavy atom. The van der Waals surface area contributed by atoms with E-state index in [1.54, 1.807) is 57.8 Å². The summed E-state index contributed by atoms with van der Waals surface area (Å²) in [5.41, 5.74) is 5.24. The van der Waals surface area contributed by atoms with E-state index >= 15 is 0 Å². The van der Waals surface area contributed by atoms with Crippen molar-refractivity contribution >= 4 is 5.52 Å². The maximum atomic E-state index is 14.2. The third-order valence-electron chi connectivity index (χ3n) is 5.26. The Hall–Kier alpha value is -4.38. The monoisotopic (exact) mass is 426 g/mol. The zero-order valence-electron chi connectivity index (χ0n) is 17.7. The number of hydrogen-bond acceptors (Lipinski definition) is 4. The highest BCUT2D eigenvalue weighted by Crippen LogP contribution is 2.29. The highest BCUT2D eigenvalue weighted by Gasteiger charge is 2.13. The second kappa shape index (κ2) is 7.71. The highest BCUT2D eigenvalue weighted by molar-refractivity contribution is 5.75. The van der Waals surface area contributed by atoms with Crippen molar-refractivity contribution in [3.8, 4) is 34.4 Å². The Morgan fingerprint density at radius 2 is 1.72 bits per heavy atom. The first-order valence-corrected chi connectivity index (χ1v) is 9.91. The second-order valence-corrected chi connectivity index (χ2v) is 7.31. The standard InChI is InChI=1S/C24H19FN6O/c1-16-17(11-28-31(16)22-7-5-4-6-21(22)25)8-9-18-12-27-30-15-19(10-23(32-3)24(18)30)20-13-26-29(2)14-20/h4-7,10-15H,1-3H3. The van der Waals surface area contributed by atoms with Gasteiger partial charge in [-0.05, 0) is 25.1 Å². The summed E-state index contributed by atoms with van der Waals surface area (Å²) in [4.78, 5) is 0. The van der Waals surface area contributed by atoms with Gasteiger partial charge in [-0.1, -0.05) is 24.0 Å². The summed E-state index contributed by atoms with van der Waals surface area (Å²) in [6, 6.07) is 8.46. The van der Waals surface area contributed by atoms with E-state index in [1.165, 1.54) is 6.07 Å². The molecule has 4 heterocycles. The lowest BCUT2D eigenvalue weighted by atomic mass is 10.1. The van der Waals surface area contributed by atoms with E-state index in [2.05, 4.69) is 27.1 Å². The van der Waals surface area contributed by atoms with Crippen LogP contribution in [0.4, 0.5) is 4.39 Å². The first-order chi connectivity index (χ1) is 15.5. The van der Waals surface area contributed by atoms with Gasteiger partial charge in [0.05, 0.1) is 42.5 Å². The van der Waals surface area contributed by atoms with Crippen LogP contribution >= 0.6 is 0 Å². The number of rotatable bonds is 3. The van der Waals surface area contributed by atoms with Gasteiger partial charge in [0.25, 0.3) is 0 Å². The Bertz CT molecular complexity index is 1510. The fourth-order valence-corrected chi connectivity index (χ4v) is 3.59. The van der Waals surface area contributed by atoms with E-state index in [-0.39, 0.29) is 5.82 Å². The molecular formula is C24H19FN6O. The van der Waals surface area contributed by atoms with Crippen LogP contribution in [0.5, 0.6) is 5.75 Å². The van der Waals surface area contributed by atoms with Gasteiger partial charge in [-0.3, -0.25) is 4.68 Å². The third kappa shape index (κ3) is 3.30. The van der Waals surface area contributed by atoms with Gasteiger partial charge in [0.1, 0.15) is 22.8 Å². The molecule has 158 valence electrons. The molecule has 0 aliphatic carbocycles. The van der Waals surface area contributed by atoms with Crippen molar-refractivity contribution in [1.82, 2.24) is 29.2 Å². The van der Waals surface area contributed by atoms with Gasteiger partial charge in [0.15, 0.2) is 0 Å². The molecule has 1 aromatic carbocycles. The molecule has 4 aromatic heterocycles. The molecule has 0 saturated heterocycles. The molecule has 7 nitrogen and oxygen atoms in total. The number of fused-ring (bicyclic) bond motifs is 1. The predicted octanol–water partition coefficient (Wildman–Crippen LogP) is 3.78. The number of nitrogens with zero attached hydrogens (tertiary/aromatic N) is 6. The maximum Gasteiger partial charge on any atom is 0.148 e. The van der Waals surface area contributed by atoms with Crippen LogP contribution in [0.25, 0.3) is 22.3 Å². The zero-order valence-corrected chi connectivity index (χ0v) is 17.7. The number of aromatic nitrogens is 6. The van der Waals surface area contributed by atoms with Crippen LogP contribution < -0.4 is 4.74 Å². The van der Waals surface area contributed by atoms with Gasteiger partial charge in [-0.2, -0.15) is 15.3 Å². The van der Waals surface area contributed by atoms with Crippen molar-refractivity contribution in [3.05, 3.63) is 84.0 Å². The average molecular weight is 426 g/mol. The molecule has 0 atom stereocenters. The Morgan fingerprint density at radius 1 is 0.938 bits per heavy atom. The van der Waals surface area contributed by atoms with E-state index in [1.807, 2.05) is 32.4 Å². The van der Waals surface area contributed by atoms with Gasteiger partial charge >= 0.3 is 0 Å². The van der Waals surface area contributed by atoms with E-state index in [0.717, 1.165) is 27.9 Å². The van der Waals surface area contributed by atoms with Crippen LogP contribution in [0.2, 0.25) is 0 Å². The van der Waals surface area contributed by atoms with Crippen molar-refractivity contribution in [2.45, 2.75) is 6.92 Å². The maximum absolute atomic E-state index is 14.2. The van der Waals surface area contributed by atoms with Crippen molar-refractivity contribution in [3.63, 3.8) is 0 Å². The van der Waals surface area contributed by atoms with Gasteiger partial charge in [-0.25, -0.2) is 13.6 Å². The molecule has 0 aliphatic heterocycles. The fraction of sp³-hybridized carbons (Fsp3) is 0.125. The minimum atomic E-state index is -0.338. The van der Waals surface area contributed by atoms with Gasteiger partial charge in [-0.15, -0.1) is 0 Å². The minimum Gasteiger partial charge on any atom is -0.494 e. The highest BCUT2D eigenvalue weighted by atomic mass is 19.1. The smallest absolute Gasteiger partial charge is 0.148 e. The first-order valence-electron chi connectivity index (χ1n) is 9.91. The number of pyridine rings is 1. The van der Waals surface area contributed by atoms with Crippen LogP contribution in [-0.2, 0) is 7.05 Å². The molecule has 0 aliphatic rings. The summed E-state index contributed by atoms with van der Waals surface area (Å²) < 4.78 is 24.8. The molecule has 0 radical (unpaired) electrons. The summed E-state index contributed by atoms with van der Waals surface area (Å²) in [5.74, 6) is 6.63. The summed E-state index contributed by atoms with van der Waals surface area (Å²) in [7, 11) is 3.49. The van der Waals surface area contributed by atoms with E-state index < -0.39 is 0 Å². The molecule has 0 unspecified atom stereocenters. The SMILES string of the molecule is COc1cc(-c2cnn(C)c2)cn2ncc(C#Cc3cnn(-c4ccccc4F)c3C)c12. The molecule has 0 saturated carbocycles. The Labute approximate surface area is 183 Å². The molecule has 5 rings (SSSR count). The topological polar surface area (TPSA) is 62.2 Å². The third-order valence-corrected chi connectivity index (χ3v) is 5.26. The van der Waals surface area contributed by atoms with Gasteiger partial charge in [0, 0.05) is 30.6 Å². The molecule has 0 amide bonds. The van der Waals surface area contributed by atoms with Gasteiger partial charge < -0.3 is 4.74 Å². The first kappa shape index (κ1) is 19.6. The number of para-hydroxylation sites is 1. The largest absolute Gasteiger partial charge is 0.494 e. The second-order valence-electron chi connectivity index (χ2n) is 7.31. The lowest BCUT2D eigenvalue weighted by Crippen LogP contribution is -2.01. The van der Waals surface area contributed by atoms with Crippen LogP contribution in [-0.4, -0.2) is 36.3 Å². The van der Waals surface area contributed by atoms with Crippen molar-refractivity contribution in [2.75, 3.05) is 7.11 Å². The number of methoxy groups -OCH3 is 1. The molecule has 0 spiro atoms. The molecule has 0 fully saturated rings. The average Bonchev–Trinajstić information content (AvgIpc) is 3.51. The van der Waals surface area contributed by atoms with Crippen molar-refractivity contribution in [2.24, 2.45) is 7.05 Å². The quantitative estimate of drug-likeness (QED) is 0.412. The van der Waals surface area contributed by atoms with Crippen molar-refractivity contribution in [1.29, 1.82) is 0 Å². The Kier molecular flexibility index (Phi) is 4.71. The van der Waals surface area contributed by atoms with E-state index in [0.29, 0.717) is 17.0 Å². The number of halogens is 1. The van der Waals surface area contributed by atoms with Crippen LogP contribution in [0.3, 0.4) is 0 Å². The lowest BCUT2D eigenvalue weighted by Gasteiger charge is -2.06. The summed E-state index contributed by atoms with van der Waals surface area (Å²) in [6.07, 6.45) is 8.98. The number of ether oxygens (including phenoxy) is 1. The minimum absolute atomic E-state index is 0.338. The van der Waals surface area contributed by atoms with Crippen LogP contribution in [0.15, 0.2) is 61.3 Å². The van der Waals surface area contributed by atoms with Crippen molar-refractivity contribution < 1.29 is 9.13 Å². The zero-order chi connectivity index (χ0) is 22.2. The van der Waals surface area contributed by atoms with E-state index in [9.17, 15) is 4.39 Å². The molecular weight excluding hydrogens is 407 g/mol. The predicted molar refractivity (Wildman–Crippen MR) is 118 cm³/mol. The fourth-order valence-electron chi connectivity index (χ4n) is 3.59. The molecule has 0 bridgehead atoms. The number of benzene rings is 1. The molecule has 32 heavy (non-hydrogen) atoms. The number of aryl methyl sites for hydroxylation is 1. The molecule has 5 aromatic rings. The lowest BCUT2D eigenvalue weighted by molar-refractivity contribution is 0.417. The van der Waals surface area contributed by atoms with E-state index in [4.69, 9.17) is 4.74 Å². The van der Waals surface area contributed by atoms with Crippen LogP contribution in [0.1, 0.15) is 16.8 Å². The number of hydrogen-bond donors (Lipinski definition) is 0. The van der Waals surface area contributed by atoms with Crippen LogP contribution in [0, 0.1) is 24.6 Å². The normalized spacial score (nSPS) is 10.9.